The molecule has 2 rings (SSSR count). The van der Waals surface area contributed by atoms with Gasteiger partial charge in [-0.15, -0.1) is 0 Å². The number of hydrogen-bond acceptors (Lipinski definition) is 2. The Bertz CT molecular complexity index is 183. The molecular weight excluding hydrogens is 198 g/mol. The summed E-state index contributed by atoms with van der Waals surface area (Å²) in [5.41, 5.74) is 0. The number of rotatable bonds is 5. The van der Waals surface area contributed by atoms with E-state index in [4.69, 9.17) is 4.74 Å². The Morgan fingerprint density at radius 1 is 1.12 bits per heavy atom. The Balaban J connectivity index is 1.57. The molecule has 2 fully saturated rings. The lowest BCUT2D eigenvalue weighted by Gasteiger charge is -2.28. The Labute approximate surface area is 100 Å². The average Bonchev–Trinajstić information content (AvgIpc) is 2.83. The van der Waals surface area contributed by atoms with Gasteiger partial charge in [-0.3, -0.25) is 0 Å². The van der Waals surface area contributed by atoms with Gasteiger partial charge >= 0.3 is 0 Å². The maximum atomic E-state index is 5.64. The van der Waals surface area contributed by atoms with Gasteiger partial charge in [0, 0.05) is 12.6 Å². The third-order valence-corrected chi connectivity index (χ3v) is 4.31. The van der Waals surface area contributed by atoms with Crippen molar-refractivity contribution in [3.8, 4) is 0 Å². The van der Waals surface area contributed by atoms with Gasteiger partial charge in [0.1, 0.15) is 0 Å². The molecule has 2 aliphatic rings. The fraction of sp³-hybridized carbons (Fsp3) is 1.00. The van der Waals surface area contributed by atoms with Crippen LogP contribution in [0.5, 0.6) is 0 Å². The number of nitrogens with one attached hydrogen (secondary N) is 1. The summed E-state index contributed by atoms with van der Waals surface area (Å²) in [6.45, 7) is 4.50. The summed E-state index contributed by atoms with van der Waals surface area (Å²) in [7, 11) is 0. The molecule has 0 spiro atoms. The van der Waals surface area contributed by atoms with Crippen LogP contribution in [-0.2, 0) is 4.74 Å². The van der Waals surface area contributed by atoms with Crippen LogP contribution < -0.4 is 5.32 Å². The first-order valence-electron chi connectivity index (χ1n) is 7.21. The molecule has 1 saturated heterocycles. The standard InChI is InChI=1S/C14H27NO/c1-12(13-6-3-2-4-7-13)15-10-9-14-8-5-11-16-14/h12-15H,2-11H2,1H3/t12-,14-/m0/s1. The van der Waals surface area contributed by atoms with Gasteiger partial charge in [-0.25, -0.2) is 0 Å². The van der Waals surface area contributed by atoms with Gasteiger partial charge in [-0.2, -0.15) is 0 Å². The molecule has 0 bridgehead atoms. The zero-order chi connectivity index (χ0) is 11.2. The third kappa shape index (κ3) is 3.74. The normalized spacial score (nSPS) is 29.4. The Morgan fingerprint density at radius 2 is 1.94 bits per heavy atom. The predicted molar refractivity (Wildman–Crippen MR) is 67.6 cm³/mol. The highest BCUT2D eigenvalue weighted by Gasteiger charge is 2.20. The second-order valence-corrected chi connectivity index (χ2v) is 5.56. The van der Waals surface area contributed by atoms with Gasteiger partial charge in [0.15, 0.2) is 0 Å². The second-order valence-electron chi connectivity index (χ2n) is 5.56. The summed E-state index contributed by atoms with van der Waals surface area (Å²) in [6, 6.07) is 0.710. The highest BCUT2D eigenvalue weighted by Crippen LogP contribution is 2.26. The van der Waals surface area contributed by atoms with E-state index in [1.54, 1.807) is 0 Å². The van der Waals surface area contributed by atoms with Gasteiger partial charge in [-0.1, -0.05) is 19.3 Å². The quantitative estimate of drug-likeness (QED) is 0.776. The van der Waals surface area contributed by atoms with Crippen LogP contribution in [0.3, 0.4) is 0 Å². The fourth-order valence-electron chi connectivity index (χ4n) is 3.14. The van der Waals surface area contributed by atoms with E-state index >= 15 is 0 Å². The zero-order valence-corrected chi connectivity index (χ0v) is 10.7. The van der Waals surface area contributed by atoms with Crippen molar-refractivity contribution in [3.63, 3.8) is 0 Å². The molecule has 2 atom stereocenters. The minimum absolute atomic E-state index is 0.547. The summed E-state index contributed by atoms with van der Waals surface area (Å²) in [4.78, 5) is 0. The zero-order valence-electron chi connectivity index (χ0n) is 10.7. The second kappa shape index (κ2) is 6.61. The van der Waals surface area contributed by atoms with Crippen LogP contribution in [0.4, 0.5) is 0 Å². The van der Waals surface area contributed by atoms with E-state index in [0.717, 1.165) is 19.1 Å². The van der Waals surface area contributed by atoms with Gasteiger partial charge in [-0.05, 0) is 51.5 Å². The van der Waals surface area contributed by atoms with E-state index in [0.29, 0.717) is 12.1 Å². The van der Waals surface area contributed by atoms with Crippen molar-refractivity contribution in [2.24, 2.45) is 5.92 Å². The molecule has 1 aliphatic heterocycles. The van der Waals surface area contributed by atoms with Crippen LogP contribution in [0.2, 0.25) is 0 Å². The molecule has 0 amide bonds. The Kier molecular flexibility index (Phi) is 5.11. The summed E-state index contributed by atoms with van der Waals surface area (Å²) < 4.78 is 5.64. The van der Waals surface area contributed by atoms with Crippen LogP contribution in [0.25, 0.3) is 0 Å². The molecule has 94 valence electrons. The lowest BCUT2D eigenvalue weighted by atomic mass is 9.84. The van der Waals surface area contributed by atoms with E-state index in [-0.39, 0.29) is 0 Å². The topological polar surface area (TPSA) is 21.3 Å². The van der Waals surface area contributed by atoms with Crippen LogP contribution in [0, 0.1) is 5.92 Å². The minimum atomic E-state index is 0.547. The molecule has 0 aromatic heterocycles. The lowest BCUT2D eigenvalue weighted by Crippen LogP contribution is -2.36. The van der Waals surface area contributed by atoms with Crippen LogP contribution in [0.1, 0.15) is 58.3 Å². The first kappa shape index (κ1) is 12.4. The molecule has 2 nitrogen and oxygen atoms in total. The maximum absolute atomic E-state index is 5.64. The van der Waals surface area contributed by atoms with Crippen molar-refractivity contribution in [2.75, 3.05) is 13.2 Å². The largest absolute Gasteiger partial charge is 0.378 e. The molecule has 2 heteroatoms. The molecule has 1 heterocycles. The molecule has 0 aromatic carbocycles. The summed E-state index contributed by atoms with van der Waals surface area (Å²) >= 11 is 0. The molecule has 1 N–H and O–H groups in total. The third-order valence-electron chi connectivity index (χ3n) is 4.31. The Hall–Kier alpha value is -0.0800. The van der Waals surface area contributed by atoms with E-state index in [1.165, 1.54) is 51.4 Å². The Morgan fingerprint density at radius 3 is 2.62 bits per heavy atom. The van der Waals surface area contributed by atoms with Crippen LogP contribution in [-0.4, -0.2) is 25.3 Å². The predicted octanol–water partition coefficient (Wildman–Crippen LogP) is 3.11. The van der Waals surface area contributed by atoms with Crippen molar-refractivity contribution in [1.82, 2.24) is 5.32 Å². The van der Waals surface area contributed by atoms with Gasteiger partial charge in [0.2, 0.25) is 0 Å². The molecule has 0 radical (unpaired) electrons. The fourth-order valence-corrected chi connectivity index (χ4v) is 3.14. The molecule has 0 unspecified atom stereocenters. The summed E-state index contributed by atoms with van der Waals surface area (Å²) in [6.07, 6.45) is 11.5. The summed E-state index contributed by atoms with van der Waals surface area (Å²) in [5, 5.41) is 3.70. The number of ether oxygens (including phenoxy) is 1. The lowest BCUT2D eigenvalue weighted by molar-refractivity contribution is 0.102. The van der Waals surface area contributed by atoms with E-state index in [2.05, 4.69) is 12.2 Å². The van der Waals surface area contributed by atoms with Crippen LogP contribution >= 0.6 is 0 Å². The molecule has 1 saturated carbocycles. The van der Waals surface area contributed by atoms with Crippen molar-refractivity contribution in [3.05, 3.63) is 0 Å². The van der Waals surface area contributed by atoms with Crippen molar-refractivity contribution in [1.29, 1.82) is 0 Å². The van der Waals surface area contributed by atoms with Gasteiger partial charge in [0.25, 0.3) is 0 Å². The van der Waals surface area contributed by atoms with Gasteiger partial charge in [0.05, 0.1) is 6.10 Å². The van der Waals surface area contributed by atoms with Gasteiger partial charge < -0.3 is 10.1 Å². The van der Waals surface area contributed by atoms with Crippen LogP contribution in [0.15, 0.2) is 0 Å². The first-order valence-corrected chi connectivity index (χ1v) is 7.21. The summed E-state index contributed by atoms with van der Waals surface area (Å²) in [5.74, 6) is 0.929. The minimum Gasteiger partial charge on any atom is -0.378 e. The van der Waals surface area contributed by atoms with E-state index in [1.807, 2.05) is 0 Å². The highest BCUT2D eigenvalue weighted by molar-refractivity contribution is 4.76. The first-order chi connectivity index (χ1) is 7.86. The highest BCUT2D eigenvalue weighted by atomic mass is 16.5. The molecule has 1 aliphatic carbocycles. The van der Waals surface area contributed by atoms with Crippen molar-refractivity contribution >= 4 is 0 Å². The van der Waals surface area contributed by atoms with Crippen molar-refractivity contribution < 1.29 is 4.74 Å². The number of hydrogen-bond donors (Lipinski definition) is 1. The molecule has 16 heavy (non-hydrogen) atoms. The average molecular weight is 225 g/mol. The monoisotopic (exact) mass is 225 g/mol. The smallest absolute Gasteiger partial charge is 0.0588 e. The van der Waals surface area contributed by atoms with Crippen molar-refractivity contribution in [2.45, 2.75) is 70.4 Å². The molecule has 0 aromatic rings. The van der Waals surface area contributed by atoms with E-state index < -0.39 is 0 Å². The maximum Gasteiger partial charge on any atom is 0.0588 e. The molecular formula is C14H27NO. The van der Waals surface area contributed by atoms with E-state index in [9.17, 15) is 0 Å². The SMILES string of the molecule is C[C@H](NCC[C@@H]1CCCO1)C1CCCCC1.